The van der Waals surface area contributed by atoms with E-state index < -0.39 is 5.60 Å². The summed E-state index contributed by atoms with van der Waals surface area (Å²) in [5.41, 5.74) is 0.416. The number of nitrogens with zero attached hydrogens (tertiary/aromatic N) is 2. The van der Waals surface area contributed by atoms with Crippen molar-refractivity contribution in [2.24, 2.45) is 0 Å². The molecular formula is C17H22N2O5. The van der Waals surface area contributed by atoms with Crippen LogP contribution in [0.3, 0.4) is 0 Å². The molecule has 1 aromatic carbocycles. The summed E-state index contributed by atoms with van der Waals surface area (Å²) in [6.45, 7) is 6.12. The van der Waals surface area contributed by atoms with Crippen molar-refractivity contribution < 1.29 is 23.6 Å². The van der Waals surface area contributed by atoms with Gasteiger partial charge in [-0.05, 0) is 50.2 Å². The van der Waals surface area contributed by atoms with Gasteiger partial charge in [-0.1, -0.05) is 0 Å². The van der Waals surface area contributed by atoms with Gasteiger partial charge < -0.3 is 14.0 Å². The first-order chi connectivity index (χ1) is 11.4. The van der Waals surface area contributed by atoms with Gasteiger partial charge >= 0.3 is 0 Å². The van der Waals surface area contributed by atoms with Gasteiger partial charge in [0.15, 0.2) is 5.76 Å². The van der Waals surface area contributed by atoms with E-state index in [2.05, 4.69) is 5.16 Å². The highest BCUT2D eigenvalue weighted by molar-refractivity contribution is 5.59. The van der Waals surface area contributed by atoms with Crippen LogP contribution in [0, 0.1) is 0 Å². The summed E-state index contributed by atoms with van der Waals surface area (Å²) < 4.78 is 15.9. The van der Waals surface area contributed by atoms with Gasteiger partial charge in [-0.25, -0.2) is 5.06 Å². The summed E-state index contributed by atoms with van der Waals surface area (Å²) in [4.78, 5) is 16.4. The Hall–Kier alpha value is -2.54. The lowest BCUT2D eigenvalue weighted by molar-refractivity contribution is -0.217. The number of methoxy groups -OCH3 is 1. The normalized spacial score (nSPS) is 11.2. The van der Waals surface area contributed by atoms with E-state index in [1.165, 1.54) is 5.06 Å². The summed E-state index contributed by atoms with van der Waals surface area (Å²) in [7, 11) is 1.61. The Morgan fingerprint density at radius 1 is 1.25 bits per heavy atom. The van der Waals surface area contributed by atoms with Crippen LogP contribution in [0.5, 0.6) is 11.6 Å². The van der Waals surface area contributed by atoms with E-state index in [-0.39, 0.29) is 13.2 Å². The molecule has 1 aromatic heterocycles. The van der Waals surface area contributed by atoms with Gasteiger partial charge in [0, 0.05) is 11.6 Å². The van der Waals surface area contributed by atoms with E-state index in [0.717, 1.165) is 11.3 Å². The Bertz CT molecular complexity index is 646. The third-order valence-electron chi connectivity index (χ3n) is 2.93. The molecule has 24 heavy (non-hydrogen) atoms. The van der Waals surface area contributed by atoms with Gasteiger partial charge in [0.05, 0.1) is 19.3 Å². The van der Waals surface area contributed by atoms with Gasteiger partial charge in [-0.2, -0.15) is 0 Å². The van der Waals surface area contributed by atoms with E-state index in [0.29, 0.717) is 18.1 Å². The Morgan fingerprint density at radius 2 is 1.96 bits per heavy atom. The quantitative estimate of drug-likeness (QED) is 0.546. The molecule has 0 aliphatic rings. The predicted octanol–water partition coefficient (Wildman–Crippen LogP) is 2.92. The standard InChI is InChI=1S/C17H22N2O5/c1-17(2,3)24-19(12-20)9-10-22-16-11-15(23-18-16)13-5-7-14(21-4)8-6-13/h5-8,11-12H,9-10H2,1-4H3. The van der Waals surface area contributed by atoms with Crippen LogP contribution in [-0.4, -0.2) is 42.5 Å². The number of aromatic nitrogens is 1. The third kappa shape index (κ3) is 5.27. The summed E-state index contributed by atoms with van der Waals surface area (Å²) in [6.07, 6.45) is 0.625. The molecule has 0 radical (unpaired) electrons. The van der Waals surface area contributed by atoms with E-state index in [1.807, 2.05) is 45.0 Å². The molecule has 0 unspecified atom stereocenters. The maximum atomic E-state index is 11.0. The van der Waals surface area contributed by atoms with Crippen molar-refractivity contribution in [2.45, 2.75) is 26.4 Å². The van der Waals surface area contributed by atoms with Crippen LogP contribution in [0.1, 0.15) is 20.8 Å². The second-order valence-corrected chi connectivity index (χ2v) is 6.06. The zero-order valence-electron chi connectivity index (χ0n) is 14.3. The highest BCUT2D eigenvalue weighted by Gasteiger charge is 2.16. The lowest BCUT2D eigenvalue weighted by atomic mass is 10.2. The van der Waals surface area contributed by atoms with Crippen molar-refractivity contribution in [2.75, 3.05) is 20.3 Å². The van der Waals surface area contributed by atoms with Crippen molar-refractivity contribution >= 4 is 6.41 Å². The van der Waals surface area contributed by atoms with Gasteiger partial charge in [-0.3, -0.25) is 9.63 Å². The SMILES string of the molecule is COc1ccc(-c2cc(OCCN(C=O)OC(C)(C)C)no2)cc1. The van der Waals surface area contributed by atoms with E-state index in [1.54, 1.807) is 13.2 Å². The fraction of sp³-hybridized carbons (Fsp3) is 0.412. The Labute approximate surface area is 141 Å². The van der Waals surface area contributed by atoms with Gasteiger partial charge in [0.2, 0.25) is 6.41 Å². The first kappa shape index (κ1) is 17.8. The predicted molar refractivity (Wildman–Crippen MR) is 87.6 cm³/mol. The number of hydrogen-bond acceptors (Lipinski definition) is 6. The molecule has 0 saturated carbocycles. The van der Waals surface area contributed by atoms with Crippen molar-refractivity contribution in [3.63, 3.8) is 0 Å². The number of carbonyl (C=O) groups is 1. The van der Waals surface area contributed by atoms with Crippen LogP contribution in [0.15, 0.2) is 34.9 Å². The van der Waals surface area contributed by atoms with Crippen molar-refractivity contribution in [3.8, 4) is 23.0 Å². The number of ether oxygens (including phenoxy) is 2. The average molecular weight is 334 g/mol. The molecule has 7 heteroatoms. The molecule has 0 spiro atoms. The number of carbonyl (C=O) groups excluding carboxylic acids is 1. The van der Waals surface area contributed by atoms with Gasteiger partial charge in [-0.15, -0.1) is 0 Å². The van der Waals surface area contributed by atoms with Crippen LogP contribution in [-0.2, 0) is 9.63 Å². The molecule has 0 fully saturated rings. The summed E-state index contributed by atoms with van der Waals surface area (Å²) in [6, 6.07) is 9.11. The number of amides is 1. The Balaban J connectivity index is 1.88. The lowest BCUT2D eigenvalue weighted by Gasteiger charge is -2.26. The zero-order chi connectivity index (χ0) is 17.6. The molecule has 0 N–H and O–H groups in total. The molecule has 1 heterocycles. The van der Waals surface area contributed by atoms with Gasteiger partial charge in [0.25, 0.3) is 5.88 Å². The first-order valence-electron chi connectivity index (χ1n) is 7.56. The van der Waals surface area contributed by atoms with E-state index in [4.69, 9.17) is 18.8 Å². The number of benzene rings is 1. The third-order valence-corrected chi connectivity index (χ3v) is 2.93. The van der Waals surface area contributed by atoms with Crippen molar-refractivity contribution in [3.05, 3.63) is 30.3 Å². The molecule has 0 aliphatic heterocycles. The monoisotopic (exact) mass is 334 g/mol. The molecule has 130 valence electrons. The van der Waals surface area contributed by atoms with Gasteiger partial charge in [0.1, 0.15) is 12.4 Å². The highest BCUT2D eigenvalue weighted by Crippen LogP contribution is 2.25. The second kappa shape index (κ2) is 7.83. The minimum absolute atomic E-state index is 0.239. The van der Waals surface area contributed by atoms with Crippen molar-refractivity contribution in [1.82, 2.24) is 10.2 Å². The van der Waals surface area contributed by atoms with E-state index in [9.17, 15) is 4.79 Å². The highest BCUT2D eigenvalue weighted by atomic mass is 16.7. The molecule has 0 atom stereocenters. The summed E-state index contributed by atoms with van der Waals surface area (Å²) >= 11 is 0. The Morgan fingerprint density at radius 3 is 2.54 bits per heavy atom. The first-order valence-corrected chi connectivity index (χ1v) is 7.56. The molecule has 2 aromatic rings. The Kier molecular flexibility index (Phi) is 5.81. The minimum Gasteiger partial charge on any atom is -0.497 e. The maximum Gasteiger partial charge on any atom is 0.254 e. The van der Waals surface area contributed by atoms with Crippen LogP contribution < -0.4 is 9.47 Å². The maximum absolute atomic E-state index is 11.0. The molecule has 2 rings (SSSR count). The summed E-state index contributed by atoms with van der Waals surface area (Å²) in [5.74, 6) is 1.70. The smallest absolute Gasteiger partial charge is 0.254 e. The molecule has 0 saturated heterocycles. The van der Waals surface area contributed by atoms with Crippen LogP contribution in [0.25, 0.3) is 11.3 Å². The number of hydroxylamine groups is 2. The zero-order valence-corrected chi connectivity index (χ0v) is 14.3. The molecule has 0 bridgehead atoms. The number of rotatable bonds is 8. The fourth-order valence-electron chi connectivity index (χ4n) is 1.93. The molecular weight excluding hydrogens is 312 g/mol. The van der Waals surface area contributed by atoms with Crippen LogP contribution >= 0.6 is 0 Å². The lowest BCUT2D eigenvalue weighted by Crippen LogP contribution is -2.35. The largest absolute Gasteiger partial charge is 0.497 e. The minimum atomic E-state index is -0.448. The molecule has 0 aliphatic carbocycles. The van der Waals surface area contributed by atoms with Crippen LogP contribution in [0.4, 0.5) is 0 Å². The second-order valence-electron chi connectivity index (χ2n) is 6.06. The molecule has 7 nitrogen and oxygen atoms in total. The number of hydrogen-bond donors (Lipinski definition) is 0. The fourth-order valence-corrected chi connectivity index (χ4v) is 1.93. The van der Waals surface area contributed by atoms with Crippen LogP contribution in [0.2, 0.25) is 0 Å². The van der Waals surface area contributed by atoms with Crippen molar-refractivity contribution in [1.29, 1.82) is 0 Å². The average Bonchev–Trinajstić information content (AvgIpc) is 3.01. The molecule has 1 amide bonds. The van der Waals surface area contributed by atoms with E-state index >= 15 is 0 Å². The summed E-state index contributed by atoms with van der Waals surface area (Å²) in [5, 5.41) is 5.06. The topological polar surface area (TPSA) is 74.0 Å².